The topological polar surface area (TPSA) is 57.8 Å². The summed E-state index contributed by atoms with van der Waals surface area (Å²) < 4.78 is 2.87. The van der Waals surface area contributed by atoms with Crippen LogP contribution in [0.2, 0.25) is 0 Å². The molecule has 1 N–H and O–H groups in total. The summed E-state index contributed by atoms with van der Waals surface area (Å²) in [6.07, 6.45) is 5.71. The van der Waals surface area contributed by atoms with Crippen LogP contribution in [0.15, 0.2) is 16.7 Å². The molecule has 1 aliphatic rings. The van der Waals surface area contributed by atoms with Crippen molar-refractivity contribution in [3.05, 3.63) is 22.4 Å². The average Bonchev–Trinajstić information content (AvgIpc) is 2.96. The summed E-state index contributed by atoms with van der Waals surface area (Å²) in [7, 11) is 0. The third kappa shape index (κ3) is 3.19. The second kappa shape index (κ2) is 6.25. The van der Waals surface area contributed by atoms with Crippen LogP contribution >= 0.6 is 15.9 Å². The smallest absolute Gasteiger partial charge is 0.268 e. The fourth-order valence-electron chi connectivity index (χ4n) is 2.62. The molecule has 0 aromatic carbocycles. The molecule has 2 rings (SSSR count). The van der Waals surface area contributed by atoms with Gasteiger partial charge in [0.25, 0.3) is 5.91 Å². The van der Waals surface area contributed by atoms with Crippen LogP contribution in [0.3, 0.4) is 0 Å². The first-order valence-electron chi connectivity index (χ1n) is 6.72. The molecule has 1 saturated carbocycles. The molecule has 19 heavy (non-hydrogen) atoms. The van der Waals surface area contributed by atoms with Gasteiger partial charge in [0.2, 0.25) is 0 Å². The monoisotopic (exact) mass is 323 g/mol. The molecule has 0 saturated heterocycles. The highest BCUT2D eigenvalue weighted by Gasteiger charge is 2.29. The zero-order chi connectivity index (χ0) is 13.8. The van der Waals surface area contributed by atoms with E-state index in [-0.39, 0.29) is 17.9 Å². The molecule has 0 aliphatic heterocycles. The fraction of sp³-hybridized carbons (Fsp3) is 0.571. The van der Waals surface area contributed by atoms with Crippen molar-refractivity contribution in [2.75, 3.05) is 0 Å². The van der Waals surface area contributed by atoms with Gasteiger partial charge in [0.05, 0.1) is 12.0 Å². The Bertz CT molecular complexity index is 503. The number of nitrogens with zero attached hydrogens (tertiary/aromatic N) is 2. The van der Waals surface area contributed by atoms with Gasteiger partial charge in [0, 0.05) is 23.3 Å². The van der Waals surface area contributed by atoms with Gasteiger partial charge in [-0.05, 0) is 47.7 Å². The zero-order valence-corrected chi connectivity index (χ0v) is 12.6. The minimum absolute atomic E-state index is 0.00116. The van der Waals surface area contributed by atoms with Crippen LogP contribution in [0.5, 0.6) is 0 Å². The van der Waals surface area contributed by atoms with Gasteiger partial charge in [0.1, 0.15) is 5.69 Å². The lowest BCUT2D eigenvalue weighted by Gasteiger charge is -2.16. The van der Waals surface area contributed by atoms with Gasteiger partial charge in [-0.3, -0.25) is 4.79 Å². The van der Waals surface area contributed by atoms with Crippen LogP contribution in [-0.4, -0.2) is 16.5 Å². The molecule has 5 heteroatoms. The molecule has 2 atom stereocenters. The molecule has 1 heterocycles. The summed E-state index contributed by atoms with van der Waals surface area (Å²) in [5, 5.41) is 12.1. The highest BCUT2D eigenvalue weighted by atomic mass is 79.9. The Labute approximate surface area is 121 Å². The van der Waals surface area contributed by atoms with Crippen molar-refractivity contribution in [3.8, 4) is 6.07 Å². The molecule has 0 spiro atoms. The van der Waals surface area contributed by atoms with E-state index in [9.17, 15) is 4.79 Å². The lowest BCUT2D eigenvalue weighted by atomic mass is 10.1. The molecule has 2 unspecified atom stereocenters. The summed E-state index contributed by atoms with van der Waals surface area (Å²) in [5.74, 6) is -0.117. The van der Waals surface area contributed by atoms with Gasteiger partial charge in [-0.2, -0.15) is 5.26 Å². The van der Waals surface area contributed by atoms with Gasteiger partial charge in [0.15, 0.2) is 0 Å². The number of hydrogen-bond acceptors (Lipinski definition) is 2. The van der Waals surface area contributed by atoms with Crippen LogP contribution < -0.4 is 5.32 Å². The molecule has 1 amide bonds. The molecule has 0 bridgehead atoms. The number of rotatable bonds is 4. The van der Waals surface area contributed by atoms with Crippen molar-refractivity contribution in [1.29, 1.82) is 5.26 Å². The number of nitrogens with one attached hydrogen (secondary N) is 1. The number of carbonyl (C=O) groups is 1. The third-order valence-corrected chi connectivity index (χ3v) is 3.99. The second-order valence-corrected chi connectivity index (χ2v) is 5.90. The summed E-state index contributed by atoms with van der Waals surface area (Å²) in [6, 6.07) is 4.12. The fourth-order valence-corrected chi connectivity index (χ4v) is 3.08. The van der Waals surface area contributed by atoms with E-state index in [1.54, 1.807) is 0 Å². The van der Waals surface area contributed by atoms with Crippen molar-refractivity contribution in [1.82, 2.24) is 9.88 Å². The summed E-state index contributed by atoms with van der Waals surface area (Å²) in [4.78, 5) is 12.3. The van der Waals surface area contributed by atoms with Gasteiger partial charge >= 0.3 is 0 Å². The molecular formula is C14H18BrN3O. The van der Waals surface area contributed by atoms with E-state index in [1.165, 1.54) is 0 Å². The Morgan fingerprint density at radius 2 is 2.42 bits per heavy atom. The highest BCUT2D eigenvalue weighted by Crippen LogP contribution is 2.25. The Balaban J connectivity index is 2.09. The molecule has 4 nitrogen and oxygen atoms in total. The number of carbonyl (C=O) groups excluding carboxylic acids is 1. The van der Waals surface area contributed by atoms with E-state index >= 15 is 0 Å². The Hall–Kier alpha value is -1.28. The van der Waals surface area contributed by atoms with Crippen molar-refractivity contribution in [2.45, 2.75) is 45.2 Å². The quantitative estimate of drug-likeness (QED) is 0.925. The average molecular weight is 324 g/mol. The first-order valence-corrected chi connectivity index (χ1v) is 7.51. The van der Waals surface area contributed by atoms with Crippen molar-refractivity contribution in [3.63, 3.8) is 0 Å². The molecule has 102 valence electrons. The van der Waals surface area contributed by atoms with Gasteiger partial charge in [-0.1, -0.05) is 6.92 Å². The number of nitriles is 1. The number of aromatic nitrogens is 1. The van der Waals surface area contributed by atoms with Crippen LogP contribution in [-0.2, 0) is 6.54 Å². The van der Waals surface area contributed by atoms with Crippen LogP contribution in [0, 0.1) is 17.2 Å². The van der Waals surface area contributed by atoms with Crippen LogP contribution in [0.4, 0.5) is 0 Å². The number of amides is 1. The van der Waals surface area contributed by atoms with E-state index < -0.39 is 0 Å². The largest absolute Gasteiger partial charge is 0.347 e. The Kier molecular flexibility index (Phi) is 4.65. The maximum atomic E-state index is 12.3. The molecule has 1 fully saturated rings. The van der Waals surface area contributed by atoms with Crippen LogP contribution in [0.25, 0.3) is 0 Å². The minimum atomic E-state index is -0.0775. The summed E-state index contributed by atoms with van der Waals surface area (Å²) >= 11 is 3.41. The Morgan fingerprint density at radius 3 is 3.11 bits per heavy atom. The lowest BCUT2D eigenvalue weighted by molar-refractivity contribution is 0.0923. The maximum Gasteiger partial charge on any atom is 0.268 e. The molecular weight excluding hydrogens is 306 g/mol. The first kappa shape index (κ1) is 14.1. The van der Waals surface area contributed by atoms with E-state index in [2.05, 4.69) is 34.2 Å². The van der Waals surface area contributed by atoms with Crippen molar-refractivity contribution >= 4 is 21.8 Å². The predicted molar refractivity (Wildman–Crippen MR) is 76.6 cm³/mol. The van der Waals surface area contributed by atoms with Gasteiger partial charge < -0.3 is 9.88 Å². The van der Waals surface area contributed by atoms with E-state index in [1.807, 2.05) is 16.8 Å². The molecule has 1 aromatic heterocycles. The van der Waals surface area contributed by atoms with E-state index in [0.717, 1.165) is 36.7 Å². The van der Waals surface area contributed by atoms with Crippen molar-refractivity contribution in [2.24, 2.45) is 5.92 Å². The van der Waals surface area contributed by atoms with E-state index in [0.29, 0.717) is 5.69 Å². The summed E-state index contributed by atoms with van der Waals surface area (Å²) in [5.41, 5.74) is 0.664. The standard InChI is InChI=1S/C14H18BrN3O/c1-2-6-18-9-11(15)7-13(18)14(19)17-12-5-3-4-10(12)8-16/h7,9-10,12H,2-6H2,1H3,(H,17,19). The predicted octanol–water partition coefficient (Wildman–Crippen LogP) is 3.08. The van der Waals surface area contributed by atoms with Gasteiger partial charge in [-0.15, -0.1) is 0 Å². The number of aryl methyl sites for hydroxylation is 1. The second-order valence-electron chi connectivity index (χ2n) is 4.98. The van der Waals surface area contributed by atoms with Crippen molar-refractivity contribution < 1.29 is 4.79 Å². The van der Waals surface area contributed by atoms with Gasteiger partial charge in [-0.25, -0.2) is 0 Å². The van der Waals surface area contributed by atoms with E-state index in [4.69, 9.17) is 5.26 Å². The third-order valence-electron chi connectivity index (χ3n) is 3.56. The first-order chi connectivity index (χ1) is 9.15. The summed E-state index contributed by atoms with van der Waals surface area (Å²) in [6.45, 7) is 2.90. The molecule has 1 aliphatic carbocycles. The highest BCUT2D eigenvalue weighted by molar-refractivity contribution is 9.10. The lowest BCUT2D eigenvalue weighted by Crippen LogP contribution is -2.37. The molecule has 1 aromatic rings. The SMILES string of the molecule is CCCn1cc(Br)cc1C(=O)NC1CCCC1C#N. The maximum absolute atomic E-state index is 12.3. The normalized spacial score (nSPS) is 22.2. The van der Waals surface area contributed by atoms with Crippen LogP contribution in [0.1, 0.15) is 43.1 Å². The molecule has 0 radical (unpaired) electrons. The minimum Gasteiger partial charge on any atom is -0.347 e. The number of halogens is 1. The Morgan fingerprint density at radius 1 is 1.63 bits per heavy atom. The zero-order valence-electron chi connectivity index (χ0n) is 11.0. The number of hydrogen-bond donors (Lipinski definition) is 1.